The van der Waals surface area contributed by atoms with Crippen LogP contribution in [0.3, 0.4) is 0 Å². The smallest absolute Gasteiger partial charge is 0.128 e. The van der Waals surface area contributed by atoms with E-state index in [1.54, 1.807) is 13.3 Å². The van der Waals surface area contributed by atoms with Crippen molar-refractivity contribution in [2.45, 2.75) is 6.92 Å². The predicted molar refractivity (Wildman–Crippen MR) is 58.9 cm³/mol. The van der Waals surface area contributed by atoms with Gasteiger partial charge >= 0.3 is 0 Å². The average Bonchev–Trinajstić information content (AvgIpc) is 2.22. The van der Waals surface area contributed by atoms with Gasteiger partial charge < -0.3 is 14.9 Å². The number of phenols is 1. The third-order valence-electron chi connectivity index (χ3n) is 2.02. The number of aliphatic imine (C=N–C) groups is 1. The number of hydrogen-bond acceptors (Lipinski definition) is 4. The summed E-state index contributed by atoms with van der Waals surface area (Å²) in [5.41, 5.74) is 1.54. The molecule has 15 heavy (non-hydrogen) atoms. The third kappa shape index (κ3) is 2.95. The fourth-order valence-corrected chi connectivity index (χ4v) is 1.25. The monoisotopic (exact) mass is 209 g/mol. The second kappa shape index (κ2) is 5.36. The fourth-order valence-electron chi connectivity index (χ4n) is 1.25. The van der Waals surface area contributed by atoms with E-state index in [2.05, 4.69) is 4.99 Å². The summed E-state index contributed by atoms with van der Waals surface area (Å²) >= 11 is 0. The minimum atomic E-state index is 0.00641. The molecule has 0 aliphatic rings. The van der Waals surface area contributed by atoms with E-state index in [-0.39, 0.29) is 12.4 Å². The molecule has 0 amide bonds. The minimum Gasteiger partial charge on any atom is -0.507 e. The summed E-state index contributed by atoms with van der Waals surface area (Å²) in [5.74, 6) is 0.748. The lowest BCUT2D eigenvalue weighted by Gasteiger charge is -2.06. The number of aryl methyl sites for hydroxylation is 1. The Balaban J connectivity index is 2.98. The topological polar surface area (TPSA) is 62.0 Å². The van der Waals surface area contributed by atoms with Crippen molar-refractivity contribution < 1.29 is 14.9 Å². The SMILES string of the molecule is COc1cc(C)c(C=NCCO)c(O)c1. The van der Waals surface area contributed by atoms with Gasteiger partial charge in [-0.05, 0) is 18.6 Å². The summed E-state index contributed by atoms with van der Waals surface area (Å²) in [4.78, 5) is 3.96. The quantitative estimate of drug-likeness (QED) is 0.730. The van der Waals surface area contributed by atoms with E-state index in [9.17, 15) is 5.11 Å². The molecule has 0 radical (unpaired) electrons. The molecular formula is C11H15NO3. The second-order valence-electron chi connectivity index (χ2n) is 3.14. The Morgan fingerprint density at radius 3 is 2.73 bits per heavy atom. The van der Waals surface area contributed by atoms with Gasteiger partial charge in [0.05, 0.1) is 20.3 Å². The molecule has 0 unspecified atom stereocenters. The highest BCUT2D eigenvalue weighted by Crippen LogP contribution is 2.25. The van der Waals surface area contributed by atoms with Gasteiger partial charge in [0.2, 0.25) is 0 Å². The largest absolute Gasteiger partial charge is 0.507 e. The van der Waals surface area contributed by atoms with Crippen LogP contribution in [0.5, 0.6) is 11.5 Å². The molecule has 0 aromatic heterocycles. The number of phenolic OH excluding ortho intramolecular Hbond substituents is 1. The molecule has 0 heterocycles. The molecule has 1 rings (SSSR count). The maximum Gasteiger partial charge on any atom is 0.128 e. The van der Waals surface area contributed by atoms with Crippen molar-refractivity contribution >= 4 is 6.21 Å². The first kappa shape index (κ1) is 11.5. The Kier molecular flexibility index (Phi) is 4.12. The number of hydrogen-bond donors (Lipinski definition) is 2. The van der Waals surface area contributed by atoms with E-state index >= 15 is 0 Å². The van der Waals surface area contributed by atoms with E-state index in [4.69, 9.17) is 9.84 Å². The highest BCUT2D eigenvalue weighted by atomic mass is 16.5. The minimum absolute atomic E-state index is 0.00641. The number of aromatic hydroxyl groups is 1. The maximum atomic E-state index is 9.67. The molecule has 0 saturated carbocycles. The molecule has 0 aliphatic heterocycles. The van der Waals surface area contributed by atoms with Crippen molar-refractivity contribution in [2.24, 2.45) is 4.99 Å². The standard InChI is InChI=1S/C11H15NO3/c1-8-5-9(15-2)6-11(14)10(8)7-12-3-4-13/h5-7,13-14H,3-4H2,1-2H3. The third-order valence-corrected chi connectivity index (χ3v) is 2.02. The van der Waals surface area contributed by atoms with Gasteiger partial charge in [-0.15, -0.1) is 0 Å². The van der Waals surface area contributed by atoms with Crippen molar-refractivity contribution in [2.75, 3.05) is 20.3 Å². The molecule has 4 nitrogen and oxygen atoms in total. The van der Waals surface area contributed by atoms with Gasteiger partial charge in [-0.1, -0.05) is 0 Å². The van der Waals surface area contributed by atoms with E-state index in [0.29, 0.717) is 17.9 Å². The second-order valence-corrected chi connectivity index (χ2v) is 3.14. The first-order chi connectivity index (χ1) is 7.19. The zero-order valence-corrected chi connectivity index (χ0v) is 8.90. The number of nitrogens with zero attached hydrogens (tertiary/aromatic N) is 1. The van der Waals surface area contributed by atoms with Crippen LogP contribution in [0.15, 0.2) is 17.1 Å². The molecule has 0 aliphatic carbocycles. The van der Waals surface area contributed by atoms with Crippen LogP contribution >= 0.6 is 0 Å². The van der Waals surface area contributed by atoms with Crippen LogP contribution in [-0.4, -0.2) is 36.7 Å². The molecular weight excluding hydrogens is 194 g/mol. The molecule has 4 heteroatoms. The number of ether oxygens (including phenoxy) is 1. The van der Waals surface area contributed by atoms with Crippen molar-refractivity contribution in [3.8, 4) is 11.5 Å². The van der Waals surface area contributed by atoms with Gasteiger partial charge in [-0.2, -0.15) is 0 Å². The summed E-state index contributed by atoms with van der Waals surface area (Å²) in [5, 5.41) is 18.2. The Hall–Kier alpha value is -1.55. The lowest BCUT2D eigenvalue weighted by atomic mass is 10.1. The highest BCUT2D eigenvalue weighted by Gasteiger charge is 2.05. The number of aliphatic hydroxyl groups excluding tert-OH is 1. The molecule has 0 saturated heterocycles. The van der Waals surface area contributed by atoms with Gasteiger partial charge in [0.25, 0.3) is 0 Å². The van der Waals surface area contributed by atoms with Gasteiger partial charge in [0.1, 0.15) is 11.5 Å². The molecule has 2 N–H and O–H groups in total. The van der Waals surface area contributed by atoms with Gasteiger partial charge in [0, 0.05) is 17.8 Å². The van der Waals surface area contributed by atoms with Gasteiger partial charge in [-0.25, -0.2) is 0 Å². The summed E-state index contributed by atoms with van der Waals surface area (Å²) in [6, 6.07) is 3.35. The lowest BCUT2D eigenvalue weighted by Crippen LogP contribution is -1.93. The zero-order valence-electron chi connectivity index (χ0n) is 8.90. The summed E-state index contributed by atoms with van der Waals surface area (Å²) in [6.45, 7) is 2.21. The lowest BCUT2D eigenvalue weighted by molar-refractivity contribution is 0.307. The Morgan fingerprint density at radius 1 is 1.47 bits per heavy atom. The van der Waals surface area contributed by atoms with Crippen LogP contribution in [0, 0.1) is 6.92 Å². The van der Waals surface area contributed by atoms with Crippen LogP contribution in [0.4, 0.5) is 0 Å². The van der Waals surface area contributed by atoms with Gasteiger partial charge in [-0.3, -0.25) is 4.99 Å². The molecule has 0 fully saturated rings. The summed E-state index contributed by atoms with van der Waals surface area (Å²) in [6.07, 6.45) is 1.56. The molecule has 1 aromatic rings. The Bertz CT molecular complexity index is 338. The van der Waals surface area contributed by atoms with Crippen LogP contribution < -0.4 is 4.74 Å². The van der Waals surface area contributed by atoms with E-state index < -0.39 is 0 Å². The van der Waals surface area contributed by atoms with Crippen LogP contribution in [0.25, 0.3) is 0 Å². The van der Waals surface area contributed by atoms with Crippen LogP contribution in [0.2, 0.25) is 0 Å². The molecule has 82 valence electrons. The van der Waals surface area contributed by atoms with Crippen LogP contribution in [0.1, 0.15) is 11.1 Å². The molecule has 0 spiro atoms. The Labute approximate surface area is 88.9 Å². The number of methoxy groups -OCH3 is 1. The number of aliphatic hydroxyl groups is 1. The van der Waals surface area contributed by atoms with Crippen LogP contribution in [-0.2, 0) is 0 Å². The first-order valence-electron chi connectivity index (χ1n) is 4.67. The maximum absolute atomic E-state index is 9.67. The van der Waals surface area contributed by atoms with Crippen molar-refractivity contribution in [3.05, 3.63) is 23.3 Å². The number of benzene rings is 1. The number of rotatable bonds is 4. The van der Waals surface area contributed by atoms with E-state index in [1.807, 2.05) is 13.0 Å². The summed E-state index contributed by atoms with van der Waals surface area (Å²) in [7, 11) is 1.55. The van der Waals surface area contributed by atoms with Crippen molar-refractivity contribution in [3.63, 3.8) is 0 Å². The van der Waals surface area contributed by atoms with E-state index in [1.165, 1.54) is 6.07 Å². The Morgan fingerprint density at radius 2 is 2.20 bits per heavy atom. The first-order valence-corrected chi connectivity index (χ1v) is 4.67. The predicted octanol–water partition coefficient (Wildman–Crippen LogP) is 1.12. The van der Waals surface area contributed by atoms with Crippen molar-refractivity contribution in [1.29, 1.82) is 0 Å². The van der Waals surface area contributed by atoms with Gasteiger partial charge in [0.15, 0.2) is 0 Å². The molecule has 0 bridgehead atoms. The normalized spacial score (nSPS) is 10.9. The fraction of sp³-hybridized carbons (Fsp3) is 0.364. The van der Waals surface area contributed by atoms with E-state index in [0.717, 1.165) is 5.56 Å². The van der Waals surface area contributed by atoms with Crippen molar-refractivity contribution in [1.82, 2.24) is 0 Å². The average molecular weight is 209 g/mol. The highest BCUT2D eigenvalue weighted by molar-refractivity contribution is 5.85. The molecule has 0 atom stereocenters. The summed E-state index contributed by atoms with van der Waals surface area (Å²) < 4.78 is 5.01. The molecule has 1 aromatic carbocycles. The zero-order chi connectivity index (χ0) is 11.3.